The first-order valence-electron chi connectivity index (χ1n) is 9.52. The van der Waals surface area contributed by atoms with Gasteiger partial charge in [0.15, 0.2) is 0 Å². The summed E-state index contributed by atoms with van der Waals surface area (Å²) in [7, 11) is 0. The molecular formula is C21H26N4O3. The summed E-state index contributed by atoms with van der Waals surface area (Å²) in [6.07, 6.45) is 1.77. The zero-order valence-corrected chi connectivity index (χ0v) is 15.8. The Morgan fingerprint density at radius 3 is 2.32 bits per heavy atom. The van der Waals surface area contributed by atoms with Crippen LogP contribution < -0.4 is 5.32 Å². The molecule has 0 unspecified atom stereocenters. The fourth-order valence-corrected chi connectivity index (χ4v) is 3.35. The predicted octanol–water partition coefficient (Wildman–Crippen LogP) is 1.93. The van der Waals surface area contributed by atoms with Crippen LogP contribution in [0.5, 0.6) is 0 Å². The second kappa shape index (κ2) is 9.96. The molecule has 7 heteroatoms. The van der Waals surface area contributed by atoms with Gasteiger partial charge in [0, 0.05) is 57.6 Å². The number of amides is 1. The van der Waals surface area contributed by atoms with E-state index in [4.69, 9.17) is 0 Å². The summed E-state index contributed by atoms with van der Waals surface area (Å²) >= 11 is 0. The number of carboxylic acids is 1. The molecule has 7 nitrogen and oxygen atoms in total. The zero-order valence-electron chi connectivity index (χ0n) is 15.8. The largest absolute Gasteiger partial charge is 0.481 e. The number of aliphatic carboxylic acids is 1. The summed E-state index contributed by atoms with van der Waals surface area (Å²) in [6.45, 7) is 4.48. The minimum atomic E-state index is -0.931. The van der Waals surface area contributed by atoms with Crippen molar-refractivity contribution in [3.63, 3.8) is 0 Å². The number of carbonyl (C=O) groups is 2. The molecular weight excluding hydrogens is 356 g/mol. The summed E-state index contributed by atoms with van der Waals surface area (Å²) in [5, 5.41) is 12.3. The van der Waals surface area contributed by atoms with Crippen LogP contribution in [0.15, 0.2) is 54.7 Å². The van der Waals surface area contributed by atoms with Crippen molar-refractivity contribution in [2.24, 2.45) is 5.92 Å². The van der Waals surface area contributed by atoms with E-state index < -0.39 is 11.9 Å². The van der Waals surface area contributed by atoms with Gasteiger partial charge in [0.25, 0.3) is 0 Å². The van der Waals surface area contributed by atoms with Crippen molar-refractivity contribution in [2.45, 2.75) is 13.0 Å². The number of aromatic nitrogens is 1. The summed E-state index contributed by atoms with van der Waals surface area (Å²) < 4.78 is 0. The van der Waals surface area contributed by atoms with Gasteiger partial charge in [-0.2, -0.15) is 0 Å². The molecule has 1 aliphatic rings. The lowest BCUT2D eigenvalue weighted by Crippen LogP contribution is -2.48. The second-order valence-corrected chi connectivity index (χ2v) is 7.05. The third-order valence-electron chi connectivity index (χ3n) is 4.89. The van der Waals surface area contributed by atoms with E-state index in [-0.39, 0.29) is 12.3 Å². The molecule has 148 valence electrons. The minimum Gasteiger partial charge on any atom is -0.481 e. The SMILES string of the molecule is O=C(C[C@@H](CN1CCN(Cc2ccccn2)CC1)C(=O)O)Nc1ccccc1. The highest BCUT2D eigenvalue weighted by atomic mass is 16.4. The third kappa shape index (κ3) is 6.14. The van der Waals surface area contributed by atoms with Gasteiger partial charge in [-0.3, -0.25) is 24.4 Å². The van der Waals surface area contributed by atoms with E-state index in [2.05, 4.69) is 20.1 Å². The quantitative estimate of drug-likeness (QED) is 0.726. The van der Waals surface area contributed by atoms with E-state index in [1.54, 1.807) is 18.3 Å². The smallest absolute Gasteiger partial charge is 0.308 e. The Hall–Kier alpha value is -2.77. The fraction of sp³-hybridized carbons (Fsp3) is 0.381. The standard InChI is InChI=1S/C21H26N4O3/c26-20(23-18-6-2-1-3-7-18)14-17(21(27)28)15-24-10-12-25(13-11-24)16-19-8-4-5-9-22-19/h1-9,17H,10-16H2,(H,23,26)(H,27,28)/t17-/m0/s1. The Morgan fingerprint density at radius 1 is 1.00 bits per heavy atom. The maximum atomic E-state index is 12.2. The minimum absolute atomic E-state index is 0.0294. The summed E-state index contributed by atoms with van der Waals surface area (Å²) in [5.74, 6) is -1.92. The van der Waals surface area contributed by atoms with Crippen molar-refractivity contribution in [2.75, 3.05) is 38.0 Å². The average Bonchev–Trinajstić information content (AvgIpc) is 2.70. The molecule has 1 fully saturated rings. The number of pyridine rings is 1. The monoisotopic (exact) mass is 382 g/mol. The Kier molecular flexibility index (Phi) is 7.11. The number of hydrogen-bond donors (Lipinski definition) is 2. The second-order valence-electron chi connectivity index (χ2n) is 7.05. The van der Waals surface area contributed by atoms with Gasteiger partial charge >= 0.3 is 5.97 Å². The van der Waals surface area contributed by atoms with Crippen LogP contribution in [-0.4, -0.2) is 64.5 Å². The number of nitrogens with one attached hydrogen (secondary N) is 1. The number of carboxylic acid groups (broad SMARTS) is 1. The normalized spacial score (nSPS) is 16.4. The molecule has 28 heavy (non-hydrogen) atoms. The molecule has 0 spiro atoms. The molecule has 1 saturated heterocycles. The molecule has 1 atom stereocenters. The Bertz CT molecular complexity index is 762. The van der Waals surface area contributed by atoms with E-state index in [0.717, 1.165) is 38.4 Å². The topological polar surface area (TPSA) is 85.8 Å². The van der Waals surface area contributed by atoms with Gasteiger partial charge in [0.2, 0.25) is 5.91 Å². The van der Waals surface area contributed by atoms with Crippen LogP contribution in [0.4, 0.5) is 5.69 Å². The highest BCUT2D eigenvalue weighted by Crippen LogP contribution is 2.13. The van der Waals surface area contributed by atoms with Crippen LogP contribution in [0.2, 0.25) is 0 Å². The van der Waals surface area contributed by atoms with Crippen molar-refractivity contribution in [3.8, 4) is 0 Å². The van der Waals surface area contributed by atoms with E-state index in [1.807, 2.05) is 36.4 Å². The van der Waals surface area contributed by atoms with Gasteiger partial charge in [-0.25, -0.2) is 0 Å². The molecule has 2 aromatic rings. The van der Waals surface area contributed by atoms with Crippen molar-refractivity contribution >= 4 is 17.6 Å². The van der Waals surface area contributed by atoms with Crippen molar-refractivity contribution in [3.05, 3.63) is 60.4 Å². The van der Waals surface area contributed by atoms with Gasteiger partial charge in [-0.15, -0.1) is 0 Å². The van der Waals surface area contributed by atoms with Gasteiger partial charge in [0.1, 0.15) is 0 Å². The molecule has 1 aromatic heterocycles. The molecule has 1 aromatic carbocycles. The van der Waals surface area contributed by atoms with E-state index in [9.17, 15) is 14.7 Å². The van der Waals surface area contributed by atoms with E-state index in [0.29, 0.717) is 12.2 Å². The Balaban J connectivity index is 1.46. The lowest BCUT2D eigenvalue weighted by Gasteiger charge is -2.35. The lowest BCUT2D eigenvalue weighted by molar-refractivity contribution is -0.144. The summed E-state index contributed by atoms with van der Waals surface area (Å²) in [6, 6.07) is 15.0. The molecule has 1 aliphatic heterocycles. The van der Waals surface area contributed by atoms with Crippen LogP contribution in [0, 0.1) is 5.92 Å². The summed E-state index contributed by atoms with van der Waals surface area (Å²) in [4.78, 5) is 32.7. The Labute approximate surface area is 165 Å². The number of carbonyl (C=O) groups excluding carboxylic acids is 1. The van der Waals surface area contributed by atoms with Crippen LogP contribution in [0.1, 0.15) is 12.1 Å². The van der Waals surface area contributed by atoms with Gasteiger partial charge in [-0.05, 0) is 24.3 Å². The van der Waals surface area contributed by atoms with Crippen LogP contribution >= 0.6 is 0 Å². The number of rotatable bonds is 8. The first kappa shape index (κ1) is 20.0. The lowest BCUT2D eigenvalue weighted by atomic mass is 10.0. The average molecular weight is 382 g/mol. The highest BCUT2D eigenvalue weighted by molar-refractivity contribution is 5.93. The molecule has 0 aliphatic carbocycles. The van der Waals surface area contributed by atoms with Crippen molar-refractivity contribution < 1.29 is 14.7 Å². The van der Waals surface area contributed by atoms with Gasteiger partial charge in [-0.1, -0.05) is 24.3 Å². The van der Waals surface area contributed by atoms with Crippen LogP contribution in [0.25, 0.3) is 0 Å². The molecule has 2 heterocycles. The maximum Gasteiger partial charge on any atom is 0.308 e. The van der Waals surface area contributed by atoms with E-state index in [1.165, 1.54) is 0 Å². The molecule has 3 rings (SSSR count). The number of nitrogens with zero attached hydrogens (tertiary/aromatic N) is 3. The number of hydrogen-bond acceptors (Lipinski definition) is 5. The molecule has 0 bridgehead atoms. The van der Waals surface area contributed by atoms with E-state index >= 15 is 0 Å². The molecule has 0 radical (unpaired) electrons. The van der Waals surface area contributed by atoms with Crippen LogP contribution in [0.3, 0.4) is 0 Å². The summed E-state index contributed by atoms with van der Waals surface area (Å²) in [5.41, 5.74) is 1.72. The maximum absolute atomic E-state index is 12.2. The molecule has 1 amide bonds. The van der Waals surface area contributed by atoms with Gasteiger partial charge < -0.3 is 10.4 Å². The molecule has 2 N–H and O–H groups in total. The number of anilines is 1. The fourth-order valence-electron chi connectivity index (χ4n) is 3.35. The third-order valence-corrected chi connectivity index (χ3v) is 4.89. The number of para-hydroxylation sites is 1. The first-order valence-corrected chi connectivity index (χ1v) is 9.52. The first-order chi connectivity index (χ1) is 13.6. The van der Waals surface area contributed by atoms with Gasteiger partial charge in [0.05, 0.1) is 11.6 Å². The van der Waals surface area contributed by atoms with Crippen molar-refractivity contribution in [1.29, 1.82) is 0 Å². The number of piperazine rings is 1. The van der Waals surface area contributed by atoms with Crippen molar-refractivity contribution in [1.82, 2.24) is 14.8 Å². The highest BCUT2D eigenvalue weighted by Gasteiger charge is 2.26. The van der Waals surface area contributed by atoms with Crippen LogP contribution in [-0.2, 0) is 16.1 Å². The Morgan fingerprint density at radius 2 is 1.68 bits per heavy atom. The zero-order chi connectivity index (χ0) is 19.8. The molecule has 0 saturated carbocycles. The predicted molar refractivity (Wildman–Crippen MR) is 107 cm³/mol. The number of benzene rings is 1.